The van der Waals surface area contributed by atoms with Crippen LogP contribution < -0.4 is 0 Å². The molecule has 0 aliphatic carbocycles. The molecule has 4 rings (SSSR count). The van der Waals surface area contributed by atoms with Crippen molar-refractivity contribution in [2.24, 2.45) is 4.99 Å². The first-order valence-electron chi connectivity index (χ1n) is 7.51. The third-order valence-corrected chi connectivity index (χ3v) is 4.38. The number of benzene rings is 2. The summed E-state index contributed by atoms with van der Waals surface area (Å²) in [5.41, 5.74) is 2.27. The van der Waals surface area contributed by atoms with Gasteiger partial charge in [0.2, 0.25) is 0 Å². The summed E-state index contributed by atoms with van der Waals surface area (Å²) in [6.45, 7) is 2.00. The van der Waals surface area contributed by atoms with E-state index in [-0.39, 0.29) is 5.54 Å². The zero-order valence-electron chi connectivity index (χ0n) is 11.9. The van der Waals surface area contributed by atoms with Crippen LogP contribution in [-0.4, -0.2) is 23.8 Å². The van der Waals surface area contributed by atoms with Crippen molar-refractivity contribution in [2.75, 3.05) is 13.1 Å². The van der Waals surface area contributed by atoms with Crippen LogP contribution in [0.25, 0.3) is 0 Å². The lowest BCUT2D eigenvalue weighted by atomic mass is 9.83. The van der Waals surface area contributed by atoms with Crippen molar-refractivity contribution in [3.05, 3.63) is 83.9 Å². The molecule has 2 aliphatic heterocycles. The van der Waals surface area contributed by atoms with Gasteiger partial charge in [0.05, 0.1) is 6.54 Å². The molecule has 0 spiro atoms. The van der Waals surface area contributed by atoms with Crippen LogP contribution in [0.1, 0.15) is 17.5 Å². The van der Waals surface area contributed by atoms with E-state index in [2.05, 4.69) is 77.7 Å². The standard InChI is InChI=1S/C19H18N2/c1-3-9-16(10-4-1)19(17-11-5-2-6-12-17)15-21-14-8-7-13-18(21)20-19/h1-7,9-13H,8,14-15H2. The Balaban J connectivity index is 1.89. The first-order chi connectivity index (χ1) is 10.4. The predicted molar refractivity (Wildman–Crippen MR) is 86.4 cm³/mol. The average molecular weight is 274 g/mol. The number of fused-ring (bicyclic) bond motifs is 1. The van der Waals surface area contributed by atoms with Gasteiger partial charge in [0.25, 0.3) is 0 Å². The van der Waals surface area contributed by atoms with Crippen molar-refractivity contribution in [3.63, 3.8) is 0 Å². The molecule has 2 aromatic rings. The minimum atomic E-state index is -0.271. The van der Waals surface area contributed by atoms with Gasteiger partial charge in [0, 0.05) is 6.54 Å². The molecular formula is C19H18N2. The van der Waals surface area contributed by atoms with Gasteiger partial charge in [-0.15, -0.1) is 0 Å². The van der Waals surface area contributed by atoms with E-state index in [1.165, 1.54) is 11.1 Å². The molecule has 104 valence electrons. The van der Waals surface area contributed by atoms with Gasteiger partial charge in [0.15, 0.2) is 0 Å². The number of hydrogen-bond acceptors (Lipinski definition) is 2. The molecule has 2 aliphatic rings. The van der Waals surface area contributed by atoms with Crippen LogP contribution in [0, 0.1) is 0 Å². The van der Waals surface area contributed by atoms with E-state index < -0.39 is 0 Å². The van der Waals surface area contributed by atoms with E-state index in [0.717, 1.165) is 25.3 Å². The van der Waals surface area contributed by atoms with Crippen molar-refractivity contribution in [3.8, 4) is 0 Å². The molecule has 2 nitrogen and oxygen atoms in total. The zero-order valence-corrected chi connectivity index (χ0v) is 11.9. The SMILES string of the molecule is C1=CC2=NC(c3ccccc3)(c3ccccc3)CN2CC1. The van der Waals surface area contributed by atoms with Crippen molar-refractivity contribution in [1.82, 2.24) is 4.90 Å². The molecule has 0 fully saturated rings. The molecule has 0 amide bonds. The Morgan fingerprint density at radius 2 is 1.48 bits per heavy atom. The van der Waals surface area contributed by atoms with Crippen LogP contribution in [0.3, 0.4) is 0 Å². The Hall–Kier alpha value is -2.35. The van der Waals surface area contributed by atoms with Crippen LogP contribution in [-0.2, 0) is 5.54 Å². The van der Waals surface area contributed by atoms with E-state index >= 15 is 0 Å². The largest absolute Gasteiger partial charge is 0.353 e. The van der Waals surface area contributed by atoms with Crippen LogP contribution in [0.4, 0.5) is 0 Å². The Labute approximate surface area is 125 Å². The Morgan fingerprint density at radius 3 is 2.05 bits per heavy atom. The molecule has 2 aromatic carbocycles. The van der Waals surface area contributed by atoms with Gasteiger partial charge in [0.1, 0.15) is 11.4 Å². The van der Waals surface area contributed by atoms with E-state index in [9.17, 15) is 0 Å². The second-order valence-corrected chi connectivity index (χ2v) is 5.67. The lowest BCUT2D eigenvalue weighted by molar-refractivity contribution is 0.382. The summed E-state index contributed by atoms with van der Waals surface area (Å²) in [6.07, 6.45) is 5.50. The van der Waals surface area contributed by atoms with Crippen molar-refractivity contribution in [1.29, 1.82) is 0 Å². The normalized spacial score (nSPS) is 19.2. The molecule has 0 atom stereocenters. The zero-order chi connectivity index (χ0) is 14.1. The maximum atomic E-state index is 5.14. The minimum Gasteiger partial charge on any atom is -0.353 e. The highest BCUT2D eigenvalue weighted by molar-refractivity contribution is 5.96. The number of rotatable bonds is 2. The number of aliphatic imine (C=N–C) groups is 1. The molecule has 0 bridgehead atoms. The third kappa shape index (κ3) is 1.99. The number of nitrogens with zero attached hydrogens (tertiary/aromatic N) is 2. The van der Waals surface area contributed by atoms with E-state index in [1.54, 1.807) is 0 Å². The summed E-state index contributed by atoms with van der Waals surface area (Å²) in [4.78, 5) is 7.54. The molecule has 0 saturated carbocycles. The summed E-state index contributed by atoms with van der Waals surface area (Å²) in [5, 5.41) is 0. The van der Waals surface area contributed by atoms with Crippen LogP contribution >= 0.6 is 0 Å². The third-order valence-electron chi connectivity index (χ3n) is 4.38. The van der Waals surface area contributed by atoms with E-state index in [0.29, 0.717) is 0 Å². The maximum absolute atomic E-state index is 5.14. The van der Waals surface area contributed by atoms with Crippen molar-refractivity contribution < 1.29 is 0 Å². The van der Waals surface area contributed by atoms with E-state index in [4.69, 9.17) is 4.99 Å². The Morgan fingerprint density at radius 1 is 0.857 bits per heavy atom. The topological polar surface area (TPSA) is 15.6 Å². The highest BCUT2D eigenvalue weighted by Gasteiger charge is 2.41. The fourth-order valence-electron chi connectivity index (χ4n) is 3.32. The minimum absolute atomic E-state index is 0.271. The molecule has 0 aromatic heterocycles. The maximum Gasteiger partial charge on any atom is 0.130 e. The highest BCUT2D eigenvalue weighted by atomic mass is 15.3. The van der Waals surface area contributed by atoms with Gasteiger partial charge in [-0.2, -0.15) is 0 Å². The number of hydrogen-bond donors (Lipinski definition) is 0. The molecule has 0 radical (unpaired) electrons. The molecule has 21 heavy (non-hydrogen) atoms. The fourth-order valence-corrected chi connectivity index (χ4v) is 3.32. The predicted octanol–water partition coefficient (Wildman–Crippen LogP) is 3.60. The second-order valence-electron chi connectivity index (χ2n) is 5.67. The first kappa shape index (κ1) is 12.4. The lowest BCUT2D eigenvalue weighted by Crippen LogP contribution is -2.36. The molecule has 0 saturated heterocycles. The summed E-state index contributed by atoms with van der Waals surface area (Å²) >= 11 is 0. The summed E-state index contributed by atoms with van der Waals surface area (Å²) in [5.74, 6) is 1.12. The Kier molecular flexibility index (Phi) is 2.88. The van der Waals surface area contributed by atoms with Crippen LogP contribution in [0.15, 0.2) is 77.8 Å². The molecule has 2 heteroatoms. The summed E-state index contributed by atoms with van der Waals surface area (Å²) in [6, 6.07) is 21.3. The monoisotopic (exact) mass is 274 g/mol. The molecule has 0 unspecified atom stereocenters. The average Bonchev–Trinajstić information content (AvgIpc) is 2.97. The van der Waals surface area contributed by atoms with Gasteiger partial charge in [-0.1, -0.05) is 66.7 Å². The first-order valence-corrected chi connectivity index (χ1v) is 7.51. The smallest absolute Gasteiger partial charge is 0.130 e. The van der Waals surface area contributed by atoms with Gasteiger partial charge >= 0.3 is 0 Å². The molecule has 2 heterocycles. The summed E-state index contributed by atoms with van der Waals surface area (Å²) in [7, 11) is 0. The lowest BCUT2D eigenvalue weighted by Gasteiger charge is -2.29. The van der Waals surface area contributed by atoms with E-state index in [1.807, 2.05) is 0 Å². The van der Waals surface area contributed by atoms with Gasteiger partial charge in [-0.05, 0) is 23.6 Å². The fraction of sp³-hybridized carbons (Fsp3) is 0.211. The highest BCUT2D eigenvalue weighted by Crippen LogP contribution is 2.39. The summed E-state index contributed by atoms with van der Waals surface area (Å²) < 4.78 is 0. The number of amidine groups is 1. The molecular weight excluding hydrogens is 256 g/mol. The van der Waals surface area contributed by atoms with Gasteiger partial charge < -0.3 is 4.90 Å². The van der Waals surface area contributed by atoms with Crippen LogP contribution in [0.2, 0.25) is 0 Å². The van der Waals surface area contributed by atoms with Gasteiger partial charge in [-0.25, -0.2) is 0 Å². The van der Waals surface area contributed by atoms with Gasteiger partial charge in [-0.3, -0.25) is 4.99 Å². The van der Waals surface area contributed by atoms with Crippen molar-refractivity contribution >= 4 is 5.84 Å². The van der Waals surface area contributed by atoms with Crippen molar-refractivity contribution in [2.45, 2.75) is 12.0 Å². The second kappa shape index (κ2) is 4.88. The quantitative estimate of drug-likeness (QED) is 0.817. The van der Waals surface area contributed by atoms with Crippen LogP contribution in [0.5, 0.6) is 0 Å². The molecule has 0 N–H and O–H groups in total. The Bertz CT molecular complexity index is 647.